The molecule has 0 aliphatic carbocycles. The Balaban J connectivity index is 1.83. The summed E-state index contributed by atoms with van der Waals surface area (Å²) in [5.41, 5.74) is 1.05. The van der Waals surface area contributed by atoms with Gasteiger partial charge in [0, 0.05) is 6.07 Å². The van der Waals surface area contributed by atoms with E-state index in [9.17, 15) is 8.42 Å². The van der Waals surface area contributed by atoms with Gasteiger partial charge in [0.1, 0.15) is 10.0 Å². The molecule has 108 valence electrons. The summed E-state index contributed by atoms with van der Waals surface area (Å²) in [4.78, 5) is 0. The molecule has 0 radical (unpaired) electrons. The largest absolute Gasteiger partial charge is 0.272 e. The van der Waals surface area contributed by atoms with Crippen molar-refractivity contribution in [1.82, 2.24) is 9.78 Å². The Bertz CT molecular complexity index is 809. The Morgan fingerprint density at radius 2 is 1.90 bits per heavy atom. The van der Waals surface area contributed by atoms with Gasteiger partial charge in [-0.25, -0.2) is 13.1 Å². The molecule has 1 aromatic carbocycles. The zero-order chi connectivity index (χ0) is 14.7. The minimum absolute atomic E-state index is 0.287. The molecule has 5 nitrogen and oxygen atoms in total. The fourth-order valence-corrected chi connectivity index (χ4v) is 3.96. The predicted molar refractivity (Wildman–Crippen MR) is 82.9 cm³/mol. The van der Waals surface area contributed by atoms with Gasteiger partial charge in [0.2, 0.25) is 0 Å². The Labute approximate surface area is 126 Å². The molecule has 2 aromatic heterocycles. The molecule has 0 aliphatic rings. The Kier molecular flexibility index (Phi) is 3.76. The van der Waals surface area contributed by atoms with Crippen molar-refractivity contribution in [2.24, 2.45) is 0 Å². The minimum atomic E-state index is -3.55. The number of rotatable bonds is 5. The van der Waals surface area contributed by atoms with Gasteiger partial charge < -0.3 is 0 Å². The van der Waals surface area contributed by atoms with Crippen LogP contribution in [0.5, 0.6) is 0 Å². The van der Waals surface area contributed by atoms with E-state index in [0.717, 1.165) is 5.56 Å². The van der Waals surface area contributed by atoms with E-state index in [1.807, 2.05) is 30.3 Å². The number of hydrogen-bond donors (Lipinski definition) is 1. The summed E-state index contributed by atoms with van der Waals surface area (Å²) in [7, 11) is -3.55. The quantitative estimate of drug-likeness (QED) is 0.786. The van der Waals surface area contributed by atoms with Crippen molar-refractivity contribution in [3.05, 3.63) is 65.7 Å². The summed E-state index contributed by atoms with van der Waals surface area (Å²) in [5.74, 6) is 0.451. The molecule has 0 unspecified atom stereocenters. The van der Waals surface area contributed by atoms with E-state index < -0.39 is 10.0 Å². The highest BCUT2D eigenvalue weighted by Crippen LogP contribution is 2.20. The molecule has 0 bridgehead atoms. The van der Waals surface area contributed by atoms with Crippen molar-refractivity contribution < 1.29 is 8.42 Å². The molecule has 2 heterocycles. The molecule has 3 aromatic rings. The van der Waals surface area contributed by atoms with Gasteiger partial charge in [-0.2, -0.15) is 5.10 Å². The van der Waals surface area contributed by atoms with E-state index in [1.165, 1.54) is 11.3 Å². The molecule has 0 atom stereocenters. The number of aromatic nitrogens is 2. The molecule has 7 heteroatoms. The lowest BCUT2D eigenvalue weighted by atomic mass is 10.2. The number of anilines is 1. The second-order valence-corrected chi connectivity index (χ2v) is 7.25. The Morgan fingerprint density at radius 1 is 1.10 bits per heavy atom. The minimum Gasteiger partial charge on any atom is -0.263 e. The first-order valence-corrected chi connectivity index (χ1v) is 8.63. The molecule has 0 aliphatic heterocycles. The van der Waals surface area contributed by atoms with Gasteiger partial charge in [-0.3, -0.25) is 4.72 Å². The van der Waals surface area contributed by atoms with Crippen molar-refractivity contribution in [1.29, 1.82) is 0 Å². The third kappa shape index (κ3) is 3.14. The van der Waals surface area contributed by atoms with Gasteiger partial charge in [-0.1, -0.05) is 36.4 Å². The van der Waals surface area contributed by atoms with Gasteiger partial charge in [0.25, 0.3) is 10.0 Å². The summed E-state index contributed by atoms with van der Waals surface area (Å²) in [6.45, 7) is 0.510. The predicted octanol–water partition coefficient (Wildman–Crippen LogP) is 2.79. The summed E-state index contributed by atoms with van der Waals surface area (Å²) >= 11 is 1.18. The zero-order valence-corrected chi connectivity index (χ0v) is 12.6. The molecule has 0 amide bonds. The third-order valence-corrected chi connectivity index (χ3v) is 5.64. The second kappa shape index (κ2) is 5.71. The van der Waals surface area contributed by atoms with Crippen LogP contribution < -0.4 is 4.72 Å². The van der Waals surface area contributed by atoms with Gasteiger partial charge in [0.05, 0.1) is 12.7 Å². The number of sulfonamides is 1. The number of nitrogens with one attached hydrogen (secondary N) is 1. The fraction of sp³-hybridized carbons (Fsp3) is 0.0714. The van der Waals surface area contributed by atoms with Crippen LogP contribution in [0.25, 0.3) is 0 Å². The first-order chi connectivity index (χ1) is 10.1. The van der Waals surface area contributed by atoms with E-state index >= 15 is 0 Å². The number of hydrogen-bond acceptors (Lipinski definition) is 4. The smallest absolute Gasteiger partial charge is 0.263 e. The van der Waals surface area contributed by atoms with Crippen LogP contribution in [0, 0.1) is 0 Å². The van der Waals surface area contributed by atoms with E-state index in [4.69, 9.17) is 0 Å². The van der Waals surface area contributed by atoms with Crippen LogP contribution >= 0.6 is 11.3 Å². The molecule has 21 heavy (non-hydrogen) atoms. The van der Waals surface area contributed by atoms with Crippen LogP contribution in [0.1, 0.15) is 5.56 Å². The van der Waals surface area contributed by atoms with Gasteiger partial charge >= 0.3 is 0 Å². The fourth-order valence-electron chi connectivity index (χ4n) is 1.91. The normalized spacial score (nSPS) is 11.4. The molecule has 0 saturated carbocycles. The molecular weight excluding hydrogens is 306 g/mol. The highest BCUT2D eigenvalue weighted by Gasteiger charge is 2.17. The molecule has 0 fully saturated rings. The van der Waals surface area contributed by atoms with Crippen LogP contribution in [0.3, 0.4) is 0 Å². The third-order valence-electron chi connectivity index (χ3n) is 2.89. The maximum Gasteiger partial charge on any atom is 0.272 e. The molecule has 3 rings (SSSR count). The average Bonchev–Trinajstić information content (AvgIpc) is 3.12. The summed E-state index contributed by atoms with van der Waals surface area (Å²) in [5, 5.41) is 5.90. The second-order valence-electron chi connectivity index (χ2n) is 4.40. The maximum atomic E-state index is 12.2. The lowest BCUT2D eigenvalue weighted by molar-refractivity contribution is 0.601. The standard InChI is InChI=1S/C14H13N3O2S2/c18-21(19,14-7-4-10-20-14)16-13-8-9-15-17(13)11-12-5-2-1-3-6-12/h1-10,16H,11H2. The molecule has 0 spiro atoms. The number of nitrogens with zero attached hydrogens (tertiary/aromatic N) is 2. The monoisotopic (exact) mass is 319 g/mol. The number of thiophene rings is 1. The average molecular weight is 319 g/mol. The topological polar surface area (TPSA) is 64.0 Å². The van der Waals surface area contributed by atoms with E-state index in [2.05, 4.69) is 9.82 Å². The zero-order valence-electron chi connectivity index (χ0n) is 11.0. The van der Waals surface area contributed by atoms with Crippen LogP contribution in [-0.2, 0) is 16.6 Å². The van der Waals surface area contributed by atoms with Gasteiger partial charge in [-0.05, 0) is 17.0 Å². The highest BCUT2D eigenvalue weighted by molar-refractivity contribution is 7.94. The van der Waals surface area contributed by atoms with Crippen molar-refractivity contribution in [3.63, 3.8) is 0 Å². The summed E-state index contributed by atoms with van der Waals surface area (Å²) < 4.78 is 28.9. The van der Waals surface area contributed by atoms with Crippen LogP contribution in [0.4, 0.5) is 5.82 Å². The van der Waals surface area contributed by atoms with Crippen molar-refractivity contribution >= 4 is 27.2 Å². The Hall–Kier alpha value is -2.12. The molecule has 1 N–H and O–H groups in total. The SMILES string of the molecule is O=S(=O)(Nc1ccnn1Cc1ccccc1)c1cccs1. The van der Waals surface area contributed by atoms with Crippen LogP contribution in [-0.4, -0.2) is 18.2 Å². The van der Waals surface area contributed by atoms with Crippen molar-refractivity contribution in [3.8, 4) is 0 Å². The van der Waals surface area contributed by atoms with Crippen molar-refractivity contribution in [2.45, 2.75) is 10.8 Å². The van der Waals surface area contributed by atoms with E-state index in [1.54, 1.807) is 34.5 Å². The van der Waals surface area contributed by atoms with Crippen LogP contribution in [0.2, 0.25) is 0 Å². The van der Waals surface area contributed by atoms with E-state index in [-0.39, 0.29) is 4.21 Å². The Morgan fingerprint density at radius 3 is 2.62 bits per heavy atom. The van der Waals surface area contributed by atoms with Gasteiger partial charge in [0.15, 0.2) is 0 Å². The summed E-state index contributed by atoms with van der Waals surface area (Å²) in [6, 6.07) is 14.7. The number of benzene rings is 1. The highest BCUT2D eigenvalue weighted by atomic mass is 32.2. The lowest BCUT2D eigenvalue weighted by Gasteiger charge is -2.09. The van der Waals surface area contributed by atoms with Gasteiger partial charge in [-0.15, -0.1) is 11.3 Å². The van der Waals surface area contributed by atoms with E-state index in [0.29, 0.717) is 12.4 Å². The molecule has 0 saturated heterocycles. The maximum absolute atomic E-state index is 12.2. The molecular formula is C14H13N3O2S2. The lowest BCUT2D eigenvalue weighted by Crippen LogP contribution is -2.15. The van der Waals surface area contributed by atoms with Crippen molar-refractivity contribution in [2.75, 3.05) is 4.72 Å². The summed E-state index contributed by atoms with van der Waals surface area (Å²) in [6.07, 6.45) is 1.58. The van der Waals surface area contributed by atoms with Crippen LogP contribution in [0.15, 0.2) is 64.3 Å². The first-order valence-electron chi connectivity index (χ1n) is 6.27. The first kappa shape index (κ1) is 13.8.